The molecule has 2 N–H and O–H groups in total. The Labute approximate surface area is 142 Å². The predicted octanol–water partition coefficient (Wildman–Crippen LogP) is 1.43. The van der Waals surface area contributed by atoms with Gasteiger partial charge in [0, 0.05) is 29.9 Å². The molecular formula is C17H16FN5O2. The summed E-state index contributed by atoms with van der Waals surface area (Å²) in [5, 5.41) is 5.28. The summed E-state index contributed by atoms with van der Waals surface area (Å²) >= 11 is 0. The Bertz CT molecular complexity index is 956. The lowest BCUT2D eigenvalue weighted by Crippen LogP contribution is -2.24. The molecule has 0 bridgehead atoms. The summed E-state index contributed by atoms with van der Waals surface area (Å²) in [6.07, 6.45) is 5.23. The normalized spacial score (nSPS) is 11.7. The number of nitrogens with two attached hydrogens (primary N) is 1. The van der Waals surface area contributed by atoms with Crippen LogP contribution in [-0.2, 0) is 6.54 Å². The van der Waals surface area contributed by atoms with Crippen LogP contribution in [0, 0.1) is 0 Å². The van der Waals surface area contributed by atoms with Crippen LogP contribution in [0.2, 0.25) is 0 Å². The number of hydrogen-bond donors (Lipinski definition) is 1. The molecule has 1 aromatic carbocycles. The van der Waals surface area contributed by atoms with Gasteiger partial charge in [0.2, 0.25) is 0 Å². The van der Waals surface area contributed by atoms with Crippen molar-refractivity contribution in [3.05, 3.63) is 70.9 Å². The summed E-state index contributed by atoms with van der Waals surface area (Å²) in [7, 11) is 0. The van der Waals surface area contributed by atoms with Gasteiger partial charge in [-0.25, -0.2) is 19.0 Å². The average Bonchev–Trinajstić information content (AvgIpc) is 2.66. The van der Waals surface area contributed by atoms with Gasteiger partial charge < -0.3 is 10.5 Å². The number of nitrogens with zero attached hydrogens (tertiary/aromatic N) is 4. The van der Waals surface area contributed by atoms with E-state index in [9.17, 15) is 9.18 Å². The van der Waals surface area contributed by atoms with Crippen molar-refractivity contribution in [3.8, 4) is 5.75 Å². The Kier molecular flexibility index (Phi) is 5.10. The van der Waals surface area contributed by atoms with Crippen LogP contribution < -0.4 is 16.0 Å². The SMILES string of the molecule is NC/C(=C\F)COc1ccc2c(=O)n(Cc3ncccn3)ncc2c1. The molecule has 0 unspecified atom stereocenters. The maximum Gasteiger partial charge on any atom is 0.275 e. The fourth-order valence-corrected chi connectivity index (χ4v) is 2.22. The first-order valence-corrected chi connectivity index (χ1v) is 7.58. The van der Waals surface area contributed by atoms with Crippen LogP contribution in [0.5, 0.6) is 5.75 Å². The molecule has 0 saturated heterocycles. The summed E-state index contributed by atoms with van der Waals surface area (Å²) < 4.78 is 19.3. The van der Waals surface area contributed by atoms with E-state index in [2.05, 4.69) is 15.1 Å². The molecule has 0 aliphatic rings. The van der Waals surface area contributed by atoms with Gasteiger partial charge in [-0.2, -0.15) is 5.10 Å². The van der Waals surface area contributed by atoms with E-state index in [-0.39, 0.29) is 25.3 Å². The van der Waals surface area contributed by atoms with Crippen molar-refractivity contribution in [1.29, 1.82) is 0 Å². The summed E-state index contributed by atoms with van der Waals surface area (Å²) in [4.78, 5) is 20.7. The van der Waals surface area contributed by atoms with Gasteiger partial charge in [-0.1, -0.05) is 0 Å². The third-order valence-corrected chi connectivity index (χ3v) is 3.58. The van der Waals surface area contributed by atoms with Crippen LogP contribution in [0.25, 0.3) is 10.8 Å². The number of hydrogen-bond acceptors (Lipinski definition) is 6. The minimum absolute atomic E-state index is 0.0499. The molecule has 3 rings (SSSR count). The molecule has 2 aromatic heterocycles. The minimum Gasteiger partial charge on any atom is -0.489 e. The van der Waals surface area contributed by atoms with Gasteiger partial charge in [0.25, 0.3) is 5.56 Å². The molecule has 8 heteroatoms. The van der Waals surface area contributed by atoms with Crippen molar-refractivity contribution < 1.29 is 9.13 Å². The first-order chi connectivity index (χ1) is 12.2. The van der Waals surface area contributed by atoms with Gasteiger partial charge in [0.05, 0.1) is 17.9 Å². The summed E-state index contributed by atoms with van der Waals surface area (Å²) in [6.45, 7) is 0.321. The van der Waals surface area contributed by atoms with E-state index in [0.29, 0.717) is 34.2 Å². The maximum atomic E-state index is 12.5. The van der Waals surface area contributed by atoms with Crippen LogP contribution in [0.1, 0.15) is 5.82 Å². The molecule has 0 aliphatic heterocycles. The van der Waals surface area contributed by atoms with E-state index >= 15 is 0 Å². The Morgan fingerprint density at radius 2 is 2.12 bits per heavy atom. The van der Waals surface area contributed by atoms with Gasteiger partial charge in [0.1, 0.15) is 24.7 Å². The van der Waals surface area contributed by atoms with Gasteiger partial charge in [0.15, 0.2) is 0 Å². The zero-order chi connectivity index (χ0) is 17.6. The van der Waals surface area contributed by atoms with Crippen LogP contribution in [0.15, 0.2) is 59.6 Å². The molecule has 25 heavy (non-hydrogen) atoms. The highest BCUT2D eigenvalue weighted by atomic mass is 19.1. The fraction of sp³-hybridized carbons (Fsp3) is 0.176. The first-order valence-electron chi connectivity index (χ1n) is 7.58. The van der Waals surface area contributed by atoms with E-state index in [0.717, 1.165) is 0 Å². The number of benzene rings is 1. The zero-order valence-corrected chi connectivity index (χ0v) is 13.3. The molecule has 0 spiro atoms. The van der Waals surface area contributed by atoms with Crippen LogP contribution >= 0.6 is 0 Å². The van der Waals surface area contributed by atoms with Gasteiger partial charge in [-0.15, -0.1) is 0 Å². The van der Waals surface area contributed by atoms with E-state index in [1.165, 1.54) is 4.68 Å². The number of fused-ring (bicyclic) bond motifs is 1. The Morgan fingerprint density at radius 1 is 1.32 bits per heavy atom. The van der Waals surface area contributed by atoms with E-state index in [1.54, 1.807) is 42.9 Å². The topological polar surface area (TPSA) is 95.9 Å². The third-order valence-electron chi connectivity index (χ3n) is 3.58. The van der Waals surface area contributed by atoms with Gasteiger partial charge in [-0.05, 0) is 24.3 Å². The third kappa shape index (κ3) is 3.86. The molecule has 0 fully saturated rings. The first kappa shape index (κ1) is 16.7. The Hall–Kier alpha value is -3.13. The van der Waals surface area contributed by atoms with Gasteiger partial charge in [-0.3, -0.25) is 4.79 Å². The predicted molar refractivity (Wildman–Crippen MR) is 90.9 cm³/mol. The number of rotatable bonds is 6. The fourth-order valence-electron chi connectivity index (χ4n) is 2.22. The van der Waals surface area contributed by atoms with Crippen molar-refractivity contribution in [2.75, 3.05) is 13.2 Å². The highest BCUT2D eigenvalue weighted by Crippen LogP contribution is 2.18. The zero-order valence-electron chi connectivity index (χ0n) is 13.3. The lowest BCUT2D eigenvalue weighted by Gasteiger charge is -2.09. The average molecular weight is 341 g/mol. The lowest BCUT2D eigenvalue weighted by atomic mass is 10.2. The Balaban J connectivity index is 1.85. The molecule has 0 radical (unpaired) electrons. The van der Waals surface area contributed by atoms with Crippen LogP contribution in [0.4, 0.5) is 4.39 Å². The molecule has 128 valence electrons. The molecule has 0 atom stereocenters. The number of aromatic nitrogens is 4. The van der Waals surface area contributed by atoms with Crippen LogP contribution in [0.3, 0.4) is 0 Å². The van der Waals surface area contributed by atoms with Crippen molar-refractivity contribution in [2.24, 2.45) is 5.73 Å². The van der Waals surface area contributed by atoms with Crippen molar-refractivity contribution in [2.45, 2.75) is 6.54 Å². The van der Waals surface area contributed by atoms with Crippen LogP contribution in [-0.4, -0.2) is 32.9 Å². The van der Waals surface area contributed by atoms with E-state index in [4.69, 9.17) is 10.5 Å². The number of ether oxygens (including phenoxy) is 1. The highest BCUT2D eigenvalue weighted by molar-refractivity contribution is 5.82. The summed E-state index contributed by atoms with van der Waals surface area (Å²) in [5.74, 6) is 1.01. The second-order valence-corrected chi connectivity index (χ2v) is 5.28. The second kappa shape index (κ2) is 7.63. The number of halogens is 1. The molecule has 7 nitrogen and oxygen atoms in total. The molecular weight excluding hydrogens is 325 g/mol. The maximum absolute atomic E-state index is 12.5. The van der Waals surface area contributed by atoms with Crippen molar-refractivity contribution in [3.63, 3.8) is 0 Å². The quantitative estimate of drug-likeness (QED) is 0.728. The lowest BCUT2D eigenvalue weighted by molar-refractivity contribution is 0.348. The van der Waals surface area contributed by atoms with Crippen molar-refractivity contribution >= 4 is 10.8 Å². The summed E-state index contributed by atoms with van der Waals surface area (Å²) in [6, 6.07) is 6.69. The second-order valence-electron chi connectivity index (χ2n) is 5.28. The summed E-state index contributed by atoms with van der Waals surface area (Å²) in [5.41, 5.74) is 5.48. The minimum atomic E-state index is -0.247. The monoisotopic (exact) mass is 341 g/mol. The van der Waals surface area contributed by atoms with Crippen molar-refractivity contribution in [1.82, 2.24) is 19.7 Å². The smallest absolute Gasteiger partial charge is 0.275 e. The van der Waals surface area contributed by atoms with Gasteiger partial charge >= 0.3 is 0 Å². The molecule has 3 aromatic rings. The standard InChI is InChI=1S/C17H16FN5O2/c18-7-12(8-19)11-25-14-2-3-15-13(6-14)9-22-23(17(15)24)10-16-20-4-1-5-21-16/h1-7,9H,8,10-11,19H2/b12-7+. The molecule has 0 aliphatic carbocycles. The molecule has 0 amide bonds. The molecule has 0 saturated carbocycles. The largest absolute Gasteiger partial charge is 0.489 e. The van der Waals surface area contributed by atoms with E-state index in [1.807, 2.05) is 0 Å². The Morgan fingerprint density at radius 3 is 2.84 bits per heavy atom. The van der Waals surface area contributed by atoms with E-state index < -0.39 is 0 Å². The molecule has 2 heterocycles. The highest BCUT2D eigenvalue weighted by Gasteiger charge is 2.07.